The second kappa shape index (κ2) is 11.2. The van der Waals surface area contributed by atoms with Crippen LogP contribution < -0.4 is 0 Å². The Balaban J connectivity index is -0.000000143. The van der Waals surface area contributed by atoms with Gasteiger partial charge in [0.05, 0.1) is 0 Å². The molecule has 0 saturated carbocycles. The molecule has 0 aromatic heterocycles. The first-order valence-electron chi connectivity index (χ1n) is 1.67. The molecule has 8 nitrogen and oxygen atoms in total. The second-order valence-electron chi connectivity index (χ2n) is 0.816. The van der Waals surface area contributed by atoms with E-state index in [1.54, 1.807) is 0 Å². The third-order valence-electron chi connectivity index (χ3n) is 0.222. The molecule has 0 fully saturated rings. The van der Waals surface area contributed by atoms with Crippen molar-refractivity contribution in [1.29, 1.82) is 0 Å². The van der Waals surface area contributed by atoms with Gasteiger partial charge in [0.25, 0.3) is 0 Å². The number of hydrogen-bond donors (Lipinski definition) is 0. The molecule has 0 aliphatic carbocycles. The van der Waals surface area contributed by atoms with E-state index in [0.717, 1.165) is 0 Å². The molecule has 13 heavy (non-hydrogen) atoms. The van der Waals surface area contributed by atoms with E-state index >= 15 is 0 Å². The van der Waals surface area contributed by atoms with Crippen molar-refractivity contribution in [3.05, 3.63) is 0 Å². The zero-order chi connectivity index (χ0) is 10.3. The fourth-order valence-corrected chi connectivity index (χ4v) is 0. The summed E-state index contributed by atoms with van der Waals surface area (Å²) in [4.78, 5) is 0. The molecule has 4 unspecified atom stereocenters. The molecule has 0 aromatic carbocycles. The predicted molar refractivity (Wildman–Crippen MR) is 35.7 cm³/mol. The van der Waals surface area contributed by atoms with Gasteiger partial charge in [-0.25, -0.2) is 0 Å². The summed E-state index contributed by atoms with van der Waals surface area (Å²) in [5.41, 5.74) is 0. The van der Waals surface area contributed by atoms with Gasteiger partial charge in [0, 0.05) is 40.4 Å². The van der Waals surface area contributed by atoms with E-state index in [9.17, 15) is 0 Å². The summed E-state index contributed by atoms with van der Waals surface area (Å²) in [6.45, 7) is 0. The maximum atomic E-state index is 9.09. The SMILES string of the molecule is O=S([O-])S(=O)[O-].O=S([O-])S(=O)[O-].[Mo+4]. The van der Waals surface area contributed by atoms with Crippen LogP contribution in [-0.4, -0.2) is 35.0 Å². The van der Waals surface area contributed by atoms with E-state index in [-0.39, 0.29) is 21.1 Å². The average molecular weight is 352 g/mol. The van der Waals surface area contributed by atoms with Crippen molar-refractivity contribution in [1.82, 2.24) is 0 Å². The molecule has 0 spiro atoms. The van der Waals surface area contributed by atoms with Gasteiger partial charge in [-0.05, 0) is 0 Å². The van der Waals surface area contributed by atoms with E-state index < -0.39 is 40.4 Å². The summed E-state index contributed by atoms with van der Waals surface area (Å²) >= 11 is 0. The quantitative estimate of drug-likeness (QED) is 0.295. The smallest absolute Gasteiger partial charge is 0.763 e. The summed E-state index contributed by atoms with van der Waals surface area (Å²) in [5, 5.41) is 0. The summed E-state index contributed by atoms with van der Waals surface area (Å²) in [6.07, 6.45) is 0. The standard InChI is InChI=1S/Mo.2H2O4S2/c;2*1-5(2)6(3)4/h;2*(H,1,2)(H,3,4)/q+4;;/p-4. The first-order valence-corrected chi connectivity index (χ1v) is 7.00. The number of hydrogen-bond acceptors (Lipinski definition) is 8. The number of rotatable bonds is 2. The maximum absolute atomic E-state index is 9.09. The zero-order valence-electron chi connectivity index (χ0n) is 5.31. The van der Waals surface area contributed by atoms with Gasteiger partial charge in [0.1, 0.15) is 0 Å². The van der Waals surface area contributed by atoms with E-state index in [1.165, 1.54) is 0 Å². The summed E-state index contributed by atoms with van der Waals surface area (Å²) in [5.74, 6) is 0. The molecule has 0 aliphatic rings. The van der Waals surface area contributed by atoms with Crippen LogP contribution in [0.25, 0.3) is 0 Å². The molecule has 0 rings (SSSR count). The van der Waals surface area contributed by atoms with Crippen LogP contribution in [0.3, 0.4) is 0 Å². The van der Waals surface area contributed by atoms with Crippen LogP contribution in [0.1, 0.15) is 0 Å². The predicted octanol–water partition coefficient (Wildman–Crippen LogP) is -2.68. The van der Waals surface area contributed by atoms with Crippen LogP contribution in [0.2, 0.25) is 0 Å². The molecular formula is MoO8S4. The van der Waals surface area contributed by atoms with Crippen molar-refractivity contribution in [2.45, 2.75) is 0 Å². The van der Waals surface area contributed by atoms with Crippen LogP contribution in [0, 0.1) is 0 Å². The Labute approximate surface area is 96.1 Å². The van der Waals surface area contributed by atoms with Crippen molar-refractivity contribution >= 4 is 40.4 Å². The second-order valence-corrected chi connectivity index (χ2v) is 5.72. The summed E-state index contributed by atoms with van der Waals surface area (Å²) < 4.78 is 72.7. The van der Waals surface area contributed by atoms with Crippen molar-refractivity contribution in [3.63, 3.8) is 0 Å². The van der Waals surface area contributed by atoms with Gasteiger partial charge in [-0.3, -0.25) is 16.8 Å². The molecule has 4 atom stereocenters. The minimum Gasteiger partial charge on any atom is -0.763 e. The normalized spacial score (nSPS) is 18.2. The van der Waals surface area contributed by atoms with Gasteiger partial charge < -0.3 is 18.2 Å². The molecule has 0 heterocycles. The Morgan fingerprint density at radius 3 is 0.615 bits per heavy atom. The Morgan fingerprint density at radius 1 is 0.538 bits per heavy atom. The van der Waals surface area contributed by atoms with E-state index in [2.05, 4.69) is 0 Å². The topological polar surface area (TPSA) is 161 Å². The molecule has 0 saturated heterocycles. The molecule has 0 aliphatic heterocycles. The van der Waals surface area contributed by atoms with E-state index in [4.69, 9.17) is 35.0 Å². The molecule has 0 bridgehead atoms. The van der Waals surface area contributed by atoms with Crippen molar-refractivity contribution in [2.75, 3.05) is 0 Å². The Hall–Kier alpha value is 1.13. The molecule has 0 amide bonds. The van der Waals surface area contributed by atoms with Crippen LogP contribution >= 0.6 is 0 Å². The van der Waals surface area contributed by atoms with Gasteiger partial charge in [-0.2, -0.15) is 0 Å². The minimum absolute atomic E-state index is 0. The summed E-state index contributed by atoms with van der Waals surface area (Å²) in [7, 11) is -11.8. The zero-order valence-corrected chi connectivity index (χ0v) is 10.6. The molecular weight excluding hydrogens is 352 g/mol. The molecule has 78 valence electrons. The van der Waals surface area contributed by atoms with Gasteiger partial charge in [-0.1, -0.05) is 0 Å². The van der Waals surface area contributed by atoms with Gasteiger partial charge in [0.2, 0.25) is 0 Å². The van der Waals surface area contributed by atoms with Crippen LogP contribution in [0.4, 0.5) is 0 Å². The largest absolute Gasteiger partial charge is 4.00 e. The van der Waals surface area contributed by atoms with Crippen LogP contribution in [0.15, 0.2) is 0 Å². The van der Waals surface area contributed by atoms with Gasteiger partial charge in [0.15, 0.2) is 0 Å². The Morgan fingerprint density at radius 2 is 0.615 bits per heavy atom. The first-order chi connectivity index (χ1) is 5.29. The third kappa shape index (κ3) is 19.5. The van der Waals surface area contributed by atoms with Crippen LogP contribution in [-0.2, 0) is 61.5 Å². The van der Waals surface area contributed by atoms with Crippen molar-refractivity contribution in [3.8, 4) is 0 Å². The van der Waals surface area contributed by atoms with Crippen molar-refractivity contribution < 1.29 is 56.1 Å². The monoisotopic (exact) mass is 354 g/mol. The molecule has 0 aromatic rings. The van der Waals surface area contributed by atoms with Crippen molar-refractivity contribution in [2.24, 2.45) is 0 Å². The van der Waals surface area contributed by atoms with Crippen LogP contribution in [0.5, 0.6) is 0 Å². The fraction of sp³-hybridized carbons (Fsp3) is 0. The van der Waals surface area contributed by atoms with E-state index in [1.807, 2.05) is 0 Å². The fourth-order valence-electron chi connectivity index (χ4n) is 0. The minimum atomic E-state index is -2.95. The Bertz CT molecular complexity index is 172. The Kier molecular flexibility index (Phi) is 16.9. The molecule has 13 heteroatoms. The first kappa shape index (κ1) is 19.7. The van der Waals surface area contributed by atoms with Gasteiger partial charge >= 0.3 is 21.1 Å². The molecule has 0 radical (unpaired) electrons. The molecule has 0 N–H and O–H groups in total. The summed E-state index contributed by atoms with van der Waals surface area (Å²) in [6, 6.07) is 0. The third-order valence-corrected chi connectivity index (χ3v) is 2.00. The van der Waals surface area contributed by atoms with E-state index in [0.29, 0.717) is 0 Å². The van der Waals surface area contributed by atoms with Gasteiger partial charge in [-0.15, -0.1) is 0 Å². The maximum Gasteiger partial charge on any atom is 4.00 e. The average Bonchev–Trinajstić information content (AvgIpc) is 1.88.